The second-order valence-corrected chi connectivity index (χ2v) is 6.01. The molecule has 2 rings (SSSR count). The van der Waals surface area contributed by atoms with Gasteiger partial charge in [-0.05, 0) is 44.9 Å². The van der Waals surface area contributed by atoms with Crippen LogP contribution in [0, 0.1) is 0 Å². The number of nitrogens with one attached hydrogen (secondary N) is 1. The fourth-order valence-electron chi connectivity index (χ4n) is 2.18. The van der Waals surface area contributed by atoms with Crippen molar-refractivity contribution in [3.8, 4) is 0 Å². The monoisotopic (exact) mass is 259 g/mol. The van der Waals surface area contributed by atoms with Gasteiger partial charge in [-0.2, -0.15) is 0 Å². The van der Waals surface area contributed by atoms with Gasteiger partial charge in [0.15, 0.2) is 0 Å². The van der Waals surface area contributed by atoms with Crippen molar-refractivity contribution in [3.63, 3.8) is 0 Å². The molecule has 1 aliphatic heterocycles. The fraction of sp³-hybridized carbons (Fsp3) is 0.667. The second-order valence-electron chi connectivity index (χ2n) is 4.21. The number of likely N-dealkylation sites (N-methyl/N-ethyl adjacent to an activating group) is 1. The van der Waals surface area contributed by atoms with Gasteiger partial charge in [0.2, 0.25) is 0 Å². The number of ether oxygens (including phenoxy) is 1. The summed E-state index contributed by atoms with van der Waals surface area (Å²) in [6.07, 6.45) is 5.04. The van der Waals surface area contributed by atoms with E-state index in [4.69, 9.17) is 16.3 Å². The molecule has 0 aliphatic carbocycles. The van der Waals surface area contributed by atoms with E-state index in [9.17, 15) is 0 Å². The molecular formula is C12H18ClNOS. The van der Waals surface area contributed by atoms with Crippen molar-refractivity contribution in [3.05, 3.63) is 21.3 Å². The van der Waals surface area contributed by atoms with E-state index in [2.05, 4.69) is 11.4 Å². The lowest BCUT2D eigenvalue weighted by Crippen LogP contribution is -2.42. The zero-order valence-corrected chi connectivity index (χ0v) is 11.1. The summed E-state index contributed by atoms with van der Waals surface area (Å²) in [5.41, 5.74) is 0. The first kappa shape index (κ1) is 12.4. The number of rotatable bonds is 4. The van der Waals surface area contributed by atoms with Crippen LogP contribution in [0.4, 0.5) is 0 Å². The van der Waals surface area contributed by atoms with Crippen LogP contribution in [-0.2, 0) is 11.2 Å². The van der Waals surface area contributed by atoms with Crippen molar-refractivity contribution in [1.29, 1.82) is 0 Å². The number of hydrogen-bond acceptors (Lipinski definition) is 3. The summed E-state index contributed by atoms with van der Waals surface area (Å²) >= 11 is 7.60. The van der Waals surface area contributed by atoms with Gasteiger partial charge in [0, 0.05) is 17.5 Å². The average molecular weight is 260 g/mol. The maximum atomic E-state index is 5.94. The topological polar surface area (TPSA) is 21.3 Å². The predicted molar refractivity (Wildman–Crippen MR) is 69.5 cm³/mol. The first-order chi connectivity index (χ1) is 7.79. The lowest BCUT2D eigenvalue weighted by Gasteiger charge is -2.30. The number of hydrogen-bond donors (Lipinski definition) is 1. The van der Waals surface area contributed by atoms with E-state index in [1.807, 2.05) is 13.1 Å². The van der Waals surface area contributed by atoms with Crippen molar-refractivity contribution in [2.45, 2.75) is 37.8 Å². The third-order valence-corrected chi connectivity index (χ3v) is 4.34. The molecule has 1 aromatic heterocycles. The van der Waals surface area contributed by atoms with Gasteiger partial charge in [-0.25, -0.2) is 0 Å². The smallest absolute Gasteiger partial charge is 0.0931 e. The predicted octanol–water partition coefficient (Wildman–Crippen LogP) is 3.10. The Hall–Kier alpha value is -0.0900. The van der Waals surface area contributed by atoms with Crippen LogP contribution >= 0.6 is 22.9 Å². The van der Waals surface area contributed by atoms with E-state index in [0.717, 1.165) is 17.4 Å². The Labute approximate surface area is 106 Å². The van der Waals surface area contributed by atoms with Crippen LogP contribution in [0.5, 0.6) is 0 Å². The van der Waals surface area contributed by atoms with Gasteiger partial charge < -0.3 is 10.1 Å². The Balaban J connectivity index is 1.94. The van der Waals surface area contributed by atoms with Gasteiger partial charge in [-0.3, -0.25) is 0 Å². The molecule has 2 atom stereocenters. The molecule has 2 unspecified atom stereocenters. The lowest BCUT2D eigenvalue weighted by molar-refractivity contribution is -0.00571. The molecule has 0 bridgehead atoms. The molecule has 0 aromatic carbocycles. The number of halogens is 1. The summed E-state index contributed by atoms with van der Waals surface area (Å²) in [4.78, 5) is 1.33. The standard InChI is InChI=1S/C12H18ClNOS/c1-14-10(11-4-2-3-7-15-11)8-9-5-6-12(13)16-9/h5-6,10-11,14H,2-4,7-8H2,1H3. The largest absolute Gasteiger partial charge is 0.377 e. The van der Waals surface area contributed by atoms with E-state index in [0.29, 0.717) is 12.1 Å². The van der Waals surface area contributed by atoms with Gasteiger partial charge in [0.25, 0.3) is 0 Å². The van der Waals surface area contributed by atoms with Crippen molar-refractivity contribution in [2.24, 2.45) is 0 Å². The van der Waals surface area contributed by atoms with E-state index in [1.165, 1.54) is 24.1 Å². The summed E-state index contributed by atoms with van der Waals surface area (Å²) in [7, 11) is 2.01. The molecule has 0 radical (unpaired) electrons. The minimum absolute atomic E-state index is 0.361. The van der Waals surface area contributed by atoms with Crippen LogP contribution in [0.25, 0.3) is 0 Å². The van der Waals surface area contributed by atoms with Gasteiger partial charge in [-0.1, -0.05) is 11.6 Å². The highest BCUT2D eigenvalue weighted by Crippen LogP contribution is 2.25. The molecule has 2 nitrogen and oxygen atoms in total. The summed E-state index contributed by atoms with van der Waals surface area (Å²) in [6, 6.07) is 4.49. The van der Waals surface area contributed by atoms with Gasteiger partial charge >= 0.3 is 0 Å². The minimum Gasteiger partial charge on any atom is -0.377 e. The molecule has 0 saturated carbocycles. The van der Waals surface area contributed by atoms with E-state index < -0.39 is 0 Å². The average Bonchev–Trinajstić information content (AvgIpc) is 2.73. The summed E-state index contributed by atoms with van der Waals surface area (Å²) in [6.45, 7) is 0.911. The van der Waals surface area contributed by atoms with Crippen LogP contribution in [0.2, 0.25) is 4.34 Å². The van der Waals surface area contributed by atoms with Crippen LogP contribution < -0.4 is 5.32 Å². The molecular weight excluding hydrogens is 242 g/mol. The molecule has 1 saturated heterocycles. The van der Waals surface area contributed by atoms with E-state index in [1.54, 1.807) is 11.3 Å². The van der Waals surface area contributed by atoms with Crippen LogP contribution in [0.1, 0.15) is 24.1 Å². The van der Waals surface area contributed by atoms with E-state index in [-0.39, 0.29) is 0 Å². The Kier molecular flexibility index (Phi) is 4.65. The third kappa shape index (κ3) is 3.20. The van der Waals surface area contributed by atoms with Crippen LogP contribution in [0.3, 0.4) is 0 Å². The lowest BCUT2D eigenvalue weighted by atomic mass is 9.99. The highest BCUT2D eigenvalue weighted by molar-refractivity contribution is 7.16. The van der Waals surface area contributed by atoms with Gasteiger partial charge in [0.1, 0.15) is 0 Å². The van der Waals surface area contributed by atoms with E-state index >= 15 is 0 Å². The Morgan fingerprint density at radius 2 is 2.44 bits per heavy atom. The summed E-state index contributed by atoms with van der Waals surface area (Å²) < 4.78 is 6.69. The van der Waals surface area contributed by atoms with Crippen molar-refractivity contribution in [1.82, 2.24) is 5.32 Å². The molecule has 0 amide bonds. The molecule has 0 spiro atoms. The van der Waals surface area contributed by atoms with Crippen LogP contribution in [-0.4, -0.2) is 25.8 Å². The van der Waals surface area contributed by atoms with Crippen molar-refractivity contribution < 1.29 is 4.74 Å². The SMILES string of the molecule is CNC(Cc1ccc(Cl)s1)C1CCCCO1. The zero-order valence-electron chi connectivity index (χ0n) is 9.54. The zero-order chi connectivity index (χ0) is 11.4. The summed E-state index contributed by atoms with van der Waals surface area (Å²) in [5, 5.41) is 3.37. The maximum absolute atomic E-state index is 5.94. The van der Waals surface area contributed by atoms with Gasteiger partial charge in [0.05, 0.1) is 10.4 Å². The molecule has 2 heterocycles. The third-order valence-electron chi connectivity index (χ3n) is 3.08. The molecule has 1 fully saturated rings. The summed E-state index contributed by atoms with van der Waals surface area (Å²) in [5.74, 6) is 0. The minimum atomic E-state index is 0.361. The molecule has 16 heavy (non-hydrogen) atoms. The second kappa shape index (κ2) is 6.01. The Morgan fingerprint density at radius 1 is 1.56 bits per heavy atom. The maximum Gasteiger partial charge on any atom is 0.0931 e. The van der Waals surface area contributed by atoms with Crippen LogP contribution in [0.15, 0.2) is 12.1 Å². The molecule has 1 aliphatic rings. The molecule has 1 aromatic rings. The Bertz CT molecular complexity index is 323. The first-order valence-corrected chi connectivity index (χ1v) is 7.02. The van der Waals surface area contributed by atoms with Crippen molar-refractivity contribution in [2.75, 3.05) is 13.7 Å². The molecule has 90 valence electrons. The quantitative estimate of drug-likeness (QED) is 0.897. The first-order valence-electron chi connectivity index (χ1n) is 5.82. The molecule has 4 heteroatoms. The fourth-order valence-corrected chi connectivity index (χ4v) is 3.33. The highest BCUT2D eigenvalue weighted by atomic mass is 35.5. The Morgan fingerprint density at radius 3 is 3.00 bits per heavy atom. The van der Waals surface area contributed by atoms with Crippen molar-refractivity contribution >= 4 is 22.9 Å². The molecule has 1 N–H and O–H groups in total. The number of thiophene rings is 1. The van der Waals surface area contributed by atoms with Gasteiger partial charge in [-0.15, -0.1) is 11.3 Å². The normalized spacial score (nSPS) is 23.2. The highest BCUT2D eigenvalue weighted by Gasteiger charge is 2.23.